The van der Waals surface area contributed by atoms with Gasteiger partial charge in [0.1, 0.15) is 0 Å². The molecular weight excluding hydrogens is 259 g/mol. The lowest BCUT2D eigenvalue weighted by Crippen LogP contribution is -2.31. The number of methoxy groups -OCH3 is 1. The van der Waals surface area contributed by atoms with E-state index in [1.165, 1.54) is 12.1 Å². The fourth-order valence-corrected chi connectivity index (χ4v) is 1.58. The minimum absolute atomic E-state index is 0.0945. The average Bonchev–Trinajstić information content (AvgIpc) is 2.28. The minimum atomic E-state index is -4.70. The van der Waals surface area contributed by atoms with E-state index in [1.54, 1.807) is 19.2 Å². The van der Waals surface area contributed by atoms with E-state index in [0.717, 1.165) is 0 Å². The number of nitrogens with one attached hydrogen (secondary N) is 1. The average molecular weight is 277 g/mol. The zero-order chi connectivity index (χ0) is 14.5. The molecule has 1 unspecified atom stereocenters. The van der Waals surface area contributed by atoms with Gasteiger partial charge in [-0.2, -0.15) is 0 Å². The largest absolute Gasteiger partial charge is 0.573 e. The van der Waals surface area contributed by atoms with E-state index >= 15 is 0 Å². The molecule has 3 nitrogen and oxygen atoms in total. The van der Waals surface area contributed by atoms with Crippen LogP contribution in [0.3, 0.4) is 0 Å². The van der Waals surface area contributed by atoms with E-state index in [9.17, 15) is 13.2 Å². The van der Waals surface area contributed by atoms with Crippen LogP contribution >= 0.6 is 0 Å². The normalized spacial score (nSPS) is 13.4. The van der Waals surface area contributed by atoms with Crippen molar-refractivity contribution in [3.8, 4) is 5.75 Å². The molecule has 0 fully saturated rings. The number of hydrogen-bond donors (Lipinski definition) is 1. The number of anilines is 1. The molecule has 19 heavy (non-hydrogen) atoms. The maximum Gasteiger partial charge on any atom is 0.573 e. The lowest BCUT2D eigenvalue weighted by atomic mass is 10.0. The summed E-state index contributed by atoms with van der Waals surface area (Å²) in [5.41, 5.74) is 0.301. The summed E-state index contributed by atoms with van der Waals surface area (Å²) in [4.78, 5) is 0. The molecule has 1 N–H and O–H groups in total. The van der Waals surface area contributed by atoms with E-state index in [1.807, 2.05) is 13.8 Å². The number of hydrogen-bond acceptors (Lipinski definition) is 3. The number of halogens is 3. The minimum Gasteiger partial charge on any atom is -0.404 e. The van der Waals surface area contributed by atoms with Crippen LogP contribution in [0.5, 0.6) is 5.75 Å². The second-order valence-electron chi connectivity index (χ2n) is 4.49. The summed E-state index contributed by atoms with van der Waals surface area (Å²) in [6.45, 7) is 4.33. The van der Waals surface area contributed by atoms with Crippen molar-refractivity contribution in [2.24, 2.45) is 5.92 Å². The topological polar surface area (TPSA) is 30.5 Å². The van der Waals surface area contributed by atoms with Crippen molar-refractivity contribution in [3.63, 3.8) is 0 Å². The van der Waals surface area contributed by atoms with Gasteiger partial charge >= 0.3 is 6.36 Å². The second-order valence-corrected chi connectivity index (χ2v) is 4.49. The summed E-state index contributed by atoms with van der Waals surface area (Å²) in [6.07, 6.45) is -4.70. The molecule has 0 bridgehead atoms. The van der Waals surface area contributed by atoms with Crippen LogP contribution in [0.1, 0.15) is 13.8 Å². The first-order chi connectivity index (χ1) is 8.83. The van der Waals surface area contributed by atoms with Crippen LogP contribution in [0.4, 0.5) is 18.9 Å². The summed E-state index contributed by atoms with van der Waals surface area (Å²) in [5, 5.41) is 3.02. The van der Waals surface area contributed by atoms with Gasteiger partial charge < -0.3 is 14.8 Å². The summed E-state index contributed by atoms with van der Waals surface area (Å²) in [7, 11) is 1.55. The predicted molar refractivity (Wildman–Crippen MR) is 67.2 cm³/mol. The van der Waals surface area contributed by atoms with Gasteiger partial charge in [0.15, 0.2) is 5.75 Å². The third kappa shape index (κ3) is 5.38. The van der Waals surface area contributed by atoms with Crippen molar-refractivity contribution in [1.82, 2.24) is 0 Å². The Morgan fingerprint density at radius 2 is 1.84 bits per heavy atom. The van der Waals surface area contributed by atoms with Crippen LogP contribution in [-0.2, 0) is 4.74 Å². The number of benzene rings is 1. The third-order valence-electron chi connectivity index (χ3n) is 2.60. The Morgan fingerprint density at radius 3 is 2.37 bits per heavy atom. The molecule has 108 valence electrons. The highest BCUT2D eigenvalue weighted by atomic mass is 19.4. The van der Waals surface area contributed by atoms with Crippen molar-refractivity contribution in [3.05, 3.63) is 24.3 Å². The molecule has 0 amide bonds. The molecule has 0 saturated heterocycles. The monoisotopic (exact) mass is 277 g/mol. The molecule has 1 aromatic carbocycles. The molecule has 0 heterocycles. The molecule has 0 spiro atoms. The van der Waals surface area contributed by atoms with Gasteiger partial charge in [-0.3, -0.25) is 0 Å². The lowest BCUT2D eigenvalue weighted by Gasteiger charge is -2.24. The van der Waals surface area contributed by atoms with Gasteiger partial charge in [0.05, 0.1) is 18.3 Å². The first-order valence-corrected chi connectivity index (χ1v) is 5.93. The molecule has 0 aliphatic heterocycles. The van der Waals surface area contributed by atoms with E-state index in [0.29, 0.717) is 12.3 Å². The van der Waals surface area contributed by atoms with Crippen molar-refractivity contribution in [2.75, 3.05) is 19.0 Å². The summed E-state index contributed by atoms with van der Waals surface area (Å²) in [6, 6.07) is 5.87. The Kier molecular flexibility index (Phi) is 5.47. The van der Waals surface area contributed by atoms with Crippen molar-refractivity contribution >= 4 is 5.69 Å². The standard InChI is InChI=1S/C13H18F3NO2/c1-9(2)11(8-18-3)17-10-6-4-5-7-12(10)19-13(14,15)16/h4-7,9,11,17H,8H2,1-3H3. The van der Waals surface area contributed by atoms with Crippen LogP contribution in [0.15, 0.2) is 24.3 Å². The maximum atomic E-state index is 12.3. The maximum absolute atomic E-state index is 12.3. The van der Waals surface area contributed by atoms with Crippen LogP contribution in [-0.4, -0.2) is 26.1 Å². The quantitative estimate of drug-likeness (QED) is 0.860. The van der Waals surface area contributed by atoms with E-state index in [2.05, 4.69) is 10.1 Å². The fraction of sp³-hybridized carbons (Fsp3) is 0.538. The highest BCUT2D eigenvalue weighted by molar-refractivity contribution is 5.56. The molecule has 1 atom stereocenters. The Morgan fingerprint density at radius 1 is 1.21 bits per heavy atom. The number of para-hydroxylation sites is 2. The molecular formula is C13H18F3NO2. The SMILES string of the molecule is COCC(Nc1ccccc1OC(F)(F)F)C(C)C. The second kappa shape index (κ2) is 6.65. The van der Waals surface area contributed by atoms with Gasteiger partial charge in [-0.1, -0.05) is 26.0 Å². The zero-order valence-corrected chi connectivity index (χ0v) is 11.1. The highest BCUT2D eigenvalue weighted by Gasteiger charge is 2.32. The molecule has 0 aliphatic rings. The fourth-order valence-electron chi connectivity index (χ4n) is 1.58. The Bertz CT molecular complexity index is 394. The lowest BCUT2D eigenvalue weighted by molar-refractivity contribution is -0.274. The van der Waals surface area contributed by atoms with E-state index in [4.69, 9.17) is 4.74 Å². The van der Waals surface area contributed by atoms with Crippen LogP contribution in [0.2, 0.25) is 0 Å². The van der Waals surface area contributed by atoms with Crippen molar-refractivity contribution in [2.45, 2.75) is 26.3 Å². The Labute approximate surface area is 110 Å². The van der Waals surface area contributed by atoms with Crippen molar-refractivity contribution in [1.29, 1.82) is 0 Å². The first kappa shape index (κ1) is 15.6. The molecule has 0 radical (unpaired) electrons. The van der Waals surface area contributed by atoms with Crippen LogP contribution < -0.4 is 10.1 Å². The Balaban J connectivity index is 2.87. The number of ether oxygens (including phenoxy) is 2. The van der Waals surface area contributed by atoms with Gasteiger partial charge in [-0.25, -0.2) is 0 Å². The van der Waals surface area contributed by atoms with Crippen LogP contribution in [0, 0.1) is 5.92 Å². The van der Waals surface area contributed by atoms with Crippen LogP contribution in [0.25, 0.3) is 0 Å². The molecule has 0 aromatic heterocycles. The highest BCUT2D eigenvalue weighted by Crippen LogP contribution is 2.30. The van der Waals surface area contributed by atoms with Crippen molar-refractivity contribution < 1.29 is 22.6 Å². The zero-order valence-electron chi connectivity index (χ0n) is 11.1. The first-order valence-electron chi connectivity index (χ1n) is 5.93. The number of rotatable bonds is 6. The third-order valence-corrected chi connectivity index (χ3v) is 2.60. The van der Waals surface area contributed by atoms with E-state index in [-0.39, 0.29) is 17.7 Å². The summed E-state index contributed by atoms with van der Waals surface area (Å²) >= 11 is 0. The molecule has 1 aromatic rings. The Hall–Kier alpha value is -1.43. The predicted octanol–water partition coefficient (Wildman–Crippen LogP) is 3.67. The summed E-state index contributed by atoms with van der Waals surface area (Å²) < 4.78 is 45.9. The molecule has 0 aliphatic carbocycles. The summed E-state index contributed by atoms with van der Waals surface area (Å²) in [5.74, 6) is -0.0318. The molecule has 6 heteroatoms. The van der Waals surface area contributed by atoms with Gasteiger partial charge in [0.2, 0.25) is 0 Å². The molecule has 1 rings (SSSR count). The van der Waals surface area contributed by atoms with E-state index < -0.39 is 6.36 Å². The van der Waals surface area contributed by atoms with Gasteiger partial charge in [-0.15, -0.1) is 13.2 Å². The molecule has 0 saturated carbocycles. The van der Waals surface area contributed by atoms with Gasteiger partial charge in [-0.05, 0) is 18.1 Å². The van der Waals surface area contributed by atoms with Gasteiger partial charge in [0, 0.05) is 7.11 Å². The smallest absolute Gasteiger partial charge is 0.404 e. The number of alkyl halides is 3. The van der Waals surface area contributed by atoms with Gasteiger partial charge in [0.25, 0.3) is 0 Å².